The standard InChI is InChI=1S/C13H14N2O3/c1-2-18-13(17)15-11-10-6-4-3-5-9(10)7-8-14-12(11)16/h3-6H,2,7-8H2,1H3,(H,14,16). The molecule has 0 bridgehead atoms. The van der Waals surface area contributed by atoms with Crippen LogP contribution in [-0.2, 0) is 16.0 Å². The number of aliphatic imine (C=N–C) groups is 1. The fraction of sp³-hybridized carbons (Fsp3) is 0.308. The lowest BCUT2D eigenvalue weighted by Crippen LogP contribution is -2.31. The number of carbonyl (C=O) groups is 2. The molecule has 94 valence electrons. The van der Waals surface area contributed by atoms with Crippen molar-refractivity contribution in [3.05, 3.63) is 35.4 Å². The van der Waals surface area contributed by atoms with Crippen LogP contribution in [0.3, 0.4) is 0 Å². The number of rotatable bonds is 1. The topological polar surface area (TPSA) is 67.8 Å². The van der Waals surface area contributed by atoms with Gasteiger partial charge in [0, 0.05) is 12.1 Å². The monoisotopic (exact) mass is 246 g/mol. The van der Waals surface area contributed by atoms with Crippen molar-refractivity contribution in [2.24, 2.45) is 4.99 Å². The number of benzene rings is 1. The molecule has 1 aromatic carbocycles. The second-order valence-electron chi connectivity index (χ2n) is 3.82. The van der Waals surface area contributed by atoms with Crippen LogP contribution >= 0.6 is 0 Å². The molecule has 1 heterocycles. The van der Waals surface area contributed by atoms with E-state index in [4.69, 9.17) is 4.74 Å². The summed E-state index contributed by atoms with van der Waals surface area (Å²) in [6.45, 7) is 2.47. The number of nitrogens with zero attached hydrogens (tertiary/aromatic N) is 1. The predicted molar refractivity (Wildman–Crippen MR) is 66.7 cm³/mol. The normalized spacial score (nSPS) is 16.7. The van der Waals surface area contributed by atoms with Crippen LogP contribution in [0.2, 0.25) is 0 Å². The molecule has 1 aliphatic rings. The zero-order chi connectivity index (χ0) is 13.0. The fourth-order valence-corrected chi connectivity index (χ4v) is 1.84. The van der Waals surface area contributed by atoms with E-state index in [0.29, 0.717) is 12.1 Å². The van der Waals surface area contributed by atoms with Gasteiger partial charge in [-0.15, -0.1) is 0 Å². The Hall–Kier alpha value is -2.17. The number of nitrogens with one attached hydrogen (secondary N) is 1. The predicted octanol–water partition coefficient (Wildman–Crippen LogP) is 1.30. The zero-order valence-electron chi connectivity index (χ0n) is 10.1. The molecule has 0 saturated heterocycles. The summed E-state index contributed by atoms with van der Waals surface area (Å²) >= 11 is 0. The van der Waals surface area contributed by atoms with Gasteiger partial charge < -0.3 is 10.1 Å². The summed E-state index contributed by atoms with van der Waals surface area (Å²) < 4.78 is 4.74. The Morgan fingerprint density at radius 1 is 1.44 bits per heavy atom. The van der Waals surface area contributed by atoms with Gasteiger partial charge in [-0.2, -0.15) is 4.99 Å². The summed E-state index contributed by atoms with van der Waals surface area (Å²) in [5.74, 6) is -0.340. The van der Waals surface area contributed by atoms with E-state index in [-0.39, 0.29) is 18.2 Å². The third-order valence-electron chi connectivity index (χ3n) is 2.64. The van der Waals surface area contributed by atoms with Gasteiger partial charge in [0.2, 0.25) is 0 Å². The van der Waals surface area contributed by atoms with Gasteiger partial charge in [-0.1, -0.05) is 24.3 Å². The first-order chi connectivity index (χ1) is 8.72. The Balaban J connectivity index is 2.43. The molecule has 0 aromatic heterocycles. The Labute approximate surface area is 105 Å². The van der Waals surface area contributed by atoms with Gasteiger partial charge in [-0.05, 0) is 18.9 Å². The van der Waals surface area contributed by atoms with E-state index in [2.05, 4.69) is 10.3 Å². The molecular formula is C13H14N2O3. The van der Waals surface area contributed by atoms with Crippen LogP contribution in [0.1, 0.15) is 18.1 Å². The van der Waals surface area contributed by atoms with Crippen molar-refractivity contribution >= 4 is 17.7 Å². The van der Waals surface area contributed by atoms with Crippen molar-refractivity contribution in [3.8, 4) is 0 Å². The summed E-state index contributed by atoms with van der Waals surface area (Å²) in [4.78, 5) is 27.0. The second kappa shape index (κ2) is 5.44. The Morgan fingerprint density at radius 3 is 3.00 bits per heavy atom. The SMILES string of the molecule is CCOC(=O)N=C1C(=O)NCCc2ccccc21. The van der Waals surface area contributed by atoms with Crippen LogP contribution in [0.25, 0.3) is 0 Å². The third-order valence-corrected chi connectivity index (χ3v) is 2.64. The van der Waals surface area contributed by atoms with Gasteiger partial charge in [0.15, 0.2) is 0 Å². The maximum atomic E-state index is 11.9. The van der Waals surface area contributed by atoms with E-state index < -0.39 is 6.09 Å². The molecule has 0 fully saturated rings. The van der Waals surface area contributed by atoms with E-state index in [9.17, 15) is 9.59 Å². The summed E-state index contributed by atoms with van der Waals surface area (Å²) in [5, 5.41) is 2.71. The van der Waals surface area contributed by atoms with Gasteiger partial charge in [0.1, 0.15) is 5.71 Å². The van der Waals surface area contributed by atoms with Crippen LogP contribution in [0.15, 0.2) is 29.3 Å². The van der Waals surface area contributed by atoms with Crippen molar-refractivity contribution in [2.75, 3.05) is 13.2 Å². The highest BCUT2D eigenvalue weighted by atomic mass is 16.5. The Bertz CT molecular complexity index is 509. The lowest BCUT2D eigenvalue weighted by atomic mass is 10.0. The molecule has 2 amide bonds. The van der Waals surface area contributed by atoms with E-state index in [1.807, 2.05) is 18.2 Å². The summed E-state index contributed by atoms with van der Waals surface area (Å²) in [5.41, 5.74) is 1.82. The lowest BCUT2D eigenvalue weighted by molar-refractivity contribution is -0.114. The number of hydrogen-bond donors (Lipinski definition) is 1. The highest BCUT2D eigenvalue weighted by molar-refractivity contribution is 6.47. The molecule has 0 unspecified atom stereocenters. The summed E-state index contributed by atoms with van der Waals surface area (Å²) in [6, 6.07) is 7.43. The second-order valence-corrected chi connectivity index (χ2v) is 3.82. The minimum Gasteiger partial charge on any atom is -0.448 e. The van der Waals surface area contributed by atoms with Crippen molar-refractivity contribution in [1.29, 1.82) is 0 Å². The summed E-state index contributed by atoms with van der Waals surface area (Å²) in [7, 11) is 0. The maximum absolute atomic E-state index is 11.9. The largest absolute Gasteiger partial charge is 0.448 e. The number of ether oxygens (including phenoxy) is 1. The van der Waals surface area contributed by atoms with E-state index >= 15 is 0 Å². The molecule has 5 nitrogen and oxygen atoms in total. The zero-order valence-corrected chi connectivity index (χ0v) is 10.1. The highest BCUT2D eigenvalue weighted by Crippen LogP contribution is 2.14. The average Bonchev–Trinajstić information content (AvgIpc) is 2.51. The number of amides is 2. The molecular weight excluding hydrogens is 232 g/mol. The first-order valence-electron chi connectivity index (χ1n) is 5.84. The number of carbonyl (C=O) groups excluding carboxylic acids is 2. The van der Waals surface area contributed by atoms with Gasteiger partial charge >= 0.3 is 6.09 Å². The molecule has 0 aliphatic carbocycles. The molecule has 0 atom stereocenters. The molecule has 5 heteroatoms. The van der Waals surface area contributed by atoms with Gasteiger partial charge in [-0.3, -0.25) is 4.79 Å². The van der Waals surface area contributed by atoms with Crippen molar-refractivity contribution in [1.82, 2.24) is 5.32 Å². The van der Waals surface area contributed by atoms with Gasteiger partial charge in [-0.25, -0.2) is 4.79 Å². The van der Waals surface area contributed by atoms with Crippen LogP contribution < -0.4 is 5.32 Å². The third kappa shape index (κ3) is 2.56. The first-order valence-corrected chi connectivity index (χ1v) is 5.84. The van der Waals surface area contributed by atoms with E-state index in [0.717, 1.165) is 12.0 Å². The maximum Gasteiger partial charge on any atom is 0.434 e. The van der Waals surface area contributed by atoms with Crippen molar-refractivity contribution in [3.63, 3.8) is 0 Å². The van der Waals surface area contributed by atoms with Crippen LogP contribution in [-0.4, -0.2) is 30.9 Å². The Morgan fingerprint density at radius 2 is 2.22 bits per heavy atom. The summed E-state index contributed by atoms with van der Waals surface area (Å²) in [6.07, 6.45) is -0.0108. The van der Waals surface area contributed by atoms with Crippen molar-refractivity contribution < 1.29 is 14.3 Å². The first kappa shape index (κ1) is 12.3. The Kier molecular flexibility index (Phi) is 3.72. The quantitative estimate of drug-likeness (QED) is 0.812. The fourth-order valence-electron chi connectivity index (χ4n) is 1.84. The molecule has 2 rings (SSSR count). The minimum absolute atomic E-state index is 0.126. The molecule has 0 spiro atoms. The molecule has 1 aliphatic heterocycles. The van der Waals surface area contributed by atoms with Crippen LogP contribution in [0.4, 0.5) is 4.79 Å². The highest BCUT2D eigenvalue weighted by Gasteiger charge is 2.21. The molecule has 1 N–H and O–H groups in total. The van der Waals surface area contributed by atoms with E-state index in [1.165, 1.54) is 0 Å². The van der Waals surface area contributed by atoms with Crippen LogP contribution in [0.5, 0.6) is 0 Å². The average molecular weight is 246 g/mol. The smallest absolute Gasteiger partial charge is 0.434 e. The number of hydrogen-bond acceptors (Lipinski definition) is 3. The number of fused-ring (bicyclic) bond motifs is 1. The molecule has 0 radical (unpaired) electrons. The van der Waals surface area contributed by atoms with Gasteiger partial charge in [0.25, 0.3) is 5.91 Å². The molecule has 0 saturated carbocycles. The molecule has 1 aromatic rings. The van der Waals surface area contributed by atoms with E-state index in [1.54, 1.807) is 13.0 Å². The minimum atomic E-state index is -0.737. The lowest BCUT2D eigenvalue weighted by Gasteiger charge is -2.05. The van der Waals surface area contributed by atoms with Crippen LogP contribution in [0, 0.1) is 0 Å². The molecule has 18 heavy (non-hydrogen) atoms. The van der Waals surface area contributed by atoms with Crippen molar-refractivity contribution in [2.45, 2.75) is 13.3 Å². The van der Waals surface area contributed by atoms with Gasteiger partial charge in [0.05, 0.1) is 6.61 Å².